The average molecular weight is 272 g/mol. The number of nitrogens with one attached hydrogen (secondary N) is 1. The minimum Gasteiger partial charge on any atom is -0.330 e. The molecule has 0 fully saturated rings. The van der Waals surface area contributed by atoms with E-state index in [0.29, 0.717) is 18.9 Å². The largest absolute Gasteiger partial charge is 0.330 e. The minimum absolute atomic E-state index is 0.00454. The van der Waals surface area contributed by atoms with Crippen molar-refractivity contribution in [3.05, 3.63) is 42.7 Å². The van der Waals surface area contributed by atoms with Gasteiger partial charge in [-0.2, -0.15) is 5.10 Å². The first-order valence-electron chi connectivity index (χ1n) is 6.79. The van der Waals surface area contributed by atoms with Crippen LogP contribution in [-0.2, 0) is 4.79 Å². The van der Waals surface area contributed by atoms with Crippen LogP contribution in [0.25, 0.3) is 5.69 Å². The van der Waals surface area contributed by atoms with Crippen LogP contribution in [0.5, 0.6) is 0 Å². The van der Waals surface area contributed by atoms with E-state index in [1.54, 1.807) is 10.9 Å². The van der Waals surface area contributed by atoms with Crippen molar-refractivity contribution in [3.63, 3.8) is 0 Å². The summed E-state index contributed by atoms with van der Waals surface area (Å²) in [5, 5.41) is 7.13. The van der Waals surface area contributed by atoms with Crippen LogP contribution in [0.3, 0.4) is 0 Å². The maximum absolute atomic E-state index is 12.0. The summed E-state index contributed by atoms with van der Waals surface area (Å²) < 4.78 is 1.73. The van der Waals surface area contributed by atoms with Crippen LogP contribution in [0.4, 0.5) is 5.69 Å². The minimum atomic E-state index is 0.00454. The molecule has 0 saturated carbocycles. The zero-order valence-corrected chi connectivity index (χ0v) is 11.6. The van der Waals surface area contributed by atoms with Crippen LogP contribution < -0.4 is 11.1 Å². The van der Waals surface area contributed by atoms with E-state index in [2.05, 4.69) is 10.4 Å². The Hall–Kier alpha value is -2.14. The lowest BCUT2D eigenvalue weighted by Crippen LogP contribution is -2.17. The lowest BCUT2D eigenvalue weighted by atomic mass is 10.1. The van der Waals surface area contributed by atoms with Crippen molar-refractivity contribution < 1.29 is 4.79 Å². The number of nitrogens with two attached hydrogens (primary N) is 1. The third kappa shape index (κ3) is 3.68. The molecule has 1 heterocycles. The Balaban J connectivity index is 2.04. The van der Waals surface area contributed by atoms with Crippen molar-refractivity contribution >= 4 is 11.6 Å². The Morgan fingerprint density at radius 1 is 1.40 bits per heavy atom. The predicted molar refractivity (Wildman–Crippen MR) is 79.6 cm³/mol. The molecule has 0 bridgehead atoms. The molecule has 1 aromatic carbocycles. The molecule has 5 nitrogen and oxygen atoms in total. The van der Waals surface area contributed by atoms with Crippen LogP contribution in [0.2, 0.25) is 0 Å². The molecule has 5 heteroatoms. The number of aromatic nitrogens is 2. The van der Waals surface area contributed by atoms with E-state index in [1.165, 1.54) is 0 Å². The van der Waals surface area contributed by atoms with Gasteiger partial charge in [0, 0.05) is 18.8 Å². The Kier molecular flexibility index (Phi) is 4.90. The van der Waals surface area contributed by atoms with E-state index in [4.69, 9.17) is 5.73 Å². The van der Waals surface area contributed by atoms with Crippen LogP contribution in [-0.4, -0.2) is 22.2 Å². The van der Waals surface area contributed by atoms with E-state index in [9.17, 15) is 4.79 Å². The molecule has 2 aromatic rings. The maximum atomic E-state index is 12.0. The van der Waals surface area contributed by atoms with Crippen LogP contribution >= 0.6 is 0 Å². The highest BCUT2D eigenvalue weighted by Crippen LogP contribution is 2.19. The number of carbonyl (C=O) groups excluding carboxylic acids is 1. The molecule has 1 unspecified atom stereocenters. The summed E-state index contributed by atoms with van der Waals surface area (Å²) in [6.45, 7) is 2.65. The second-order valence-corrected chi connectivity index (χ2v) is 4.90. The summed E-state index contributed by atoms with van der Waals surface area (Å²) in [7, 11) is 0. The number of amides is 1. The summed E-state index contributed by atoms with van der Waals surface area (Å²) in [4.78, 5) is 12.0. The lowest BCUT2D eigenvalue weighted by molar-refractivity contribution is -0.116. The molecule has 2 rings (SSSR count). The molecule has 0 aliphatic rings. The Morgan fingerprint density at radius 3 is 2.90 bits per heavy atom. The molecule has 0 spiro atoms. The Labute approximate surface area is 118 Å². The van der Waals surface area contributed by atoms with Gasteiger partial charge >= 0.3 is 0 Å². The average Bonchev–Trinajstić information content (AvgIpc) is 2.99. The van der Waals surface area contributed by atoms with Gasteiger partial charge in [0.25, 0.3) is 0 Å². The highest BCUT2D eigenvalue weighted by Gasteiger charge is 2.09. The van der Waals surface area contributed by atoms with Gasteiger partial charge in [-0.3, -0.25) is 4.79 Å². The molecule has 106 valence electrons. The first-order valence-corrected chi connectivity index (χ1v) is 6.79. The molecule has 0 saturated heterocycles. The highest BCUT2D eigenvalue weighted by atomic mass is 16.1. The van der Waals surface area contributed by atoms with Crippen molar-refractivity contribution in [3.8, 4) is 5.69 Å². The normalized spacial score (nSPS) is 12.1. The summed E-state index contributed by atoms with van der Waals surface area (Å²) in [5.74, 6) is 0.368. The van der Waals surface area contributed by atoms with Crippen molar-refractivity contribution in [2.45, 2.75) is 19.8 Å². The van der Waals surface area contributed by atoms with E-state index < -0.39 is 0 Å². The smallest absolute Gasteiger partial charge is 0.224 e. The number of benzene rings is 1. The number of nitrogens with zero attached hydrogens (tertiary/aromatic N) is 2. The molecule has 0 aliphatic carbocycles. The fraction of sp³-hybridized carbons (Fsp3) is 0.333. The fourth-order valence-electron chi connectivity index (χ4n) is 1.90. The van der Waals surface area contributed by atoms with Crippen molar-refractivity contribution in [2.24, 2.45) is 11.7 Å². The van der Waals surface area contributed by atoms with Gasteiger partial charge in [-0.05, 0) is 37.1 Å². The zero-order valence-electron chi connectivity index (χ0n) is 11.6. The van der Waals surface area contributed by atoms with Gasteiger partial charge in [0.1, 0.15) is 0 Å². The fourth-order valence-corrected chi connectivity index (χ4v) is 1.90. The van der Waals surface area contributed by atoms with E-state index in [-0.39, 0.29) is 5.91 Å². The monoisotopic (exact) mass is 272 g/mol. The van der Waals surface area contributed by atoms with Crippen molar-refractivity contribution in [1.29, 1.82) is 0 Å². The molecule has 1 amide bonds. The second kappa shape index (κ2) is 6.86. The Morgan fingerprint density at radius 2 is 2.20 bits per heavy atom. The van der Waals surface area contributed by atoms with E-state index >= 15 is 0 Å². The maximum Gasteiger partial charge on any atom is 0.224 e. The van der Waals surface area contributed by atoms with Crippen LogP contribution in [0, 0.1) is 5.92 Å². The zero-order chi connectivity index (χ0) is 14.4. The topological polar surface area (TPSA) is 72.9 Å². The van der Waals surface area contributed by atoms with Crippen LogP contribution in [0.1, 0.15) is 19.8 Å². The summed E-state index contributed by atoms with van der Waals surface area (Å²) in [5.41, 5.74) is 7.18. The standard InChI is InChI=1S/C15H20N4O/c1-12(11-16)7-8-15(20)18-13-5-2-3-6-14(13)19-10-4-9-17-19/h2-6,9-10,12H,7-8,11,16H2,1H3,(H,18,20). The third-order valence-electron chi connectivity index (χ3n) is 3.20. The van der Waals surface area contributed by atoms with Gasteiger partial charge in [0.05, 0.1) is 11.4 Å². The van der Waals surface area contributed by atoms with Gasteiger partial charge in [-0.1, -0.05) is 19.1 Å². The van der Waals surface area contributed by atoms with Gasteiger partial charge in [-0.25, -0.2) is 4.68 Å². The van der Waals surface area contributed by atoms with Gasteiger partial charge in [0.15, 0.2) is 0 Å². The quantitative estimate of drug-likeness (QED) is 0.846. The lowest BCUT2D eigenvalue weighted by Gasteiger charge is -2.12. The molecule has 20 heavy (non-hydrogen) atoms. The number of para-hydroxylation sites is 2. The number of rotatable bonds is 6. The predicted octanol–water partition coefficient (Wildman–Crippen LogP) is 2.19. The molecule has 1 atom stereocenters. The SMILES string of the molecule is CC(CN)CCC(=O)Nc1ccccc1-n1cccn1. The molecule has 0 radical (unpaired) electrons. The summed E-state index contributed by atoms with van der Waals surface area (Å²) in [6, 6.07) is 9.46. The van der Waals surface area contributed by atoms with Crippen molar-refractivity contribution in [2.75, 3.05) is 11.9 Å². The molecule has 0 aliphatic heterocycles. The summed E-state index contributed by atoms with van der Waals surface area (Å²) in [6.07, 6.45) is 4.83. The van der Waals surface area contributed by atoms with Gasteiger partial charge in [0.2, 0.25) is 5.91 Å². The van der Waals surface area contributed by atoms with Gasteiger partial charge in [-0.15, -0.1) is 0 Å². The van der Waals surface area contributed by atoms with E-state index in [1.807, 2.05) is 43.5 Å². The first-order chi connectivity index (χ1) is 9.70. The molecule has 3 N–H and O–H groups in total. The number of hydrogen-bond acceptors (Lipinski definition) is 3. The molecular weight excluding hydrogens is 252 g/mol. The van der Waals surface area contributed by atoms with Crippen LogP contribution in [0.15, 0.2) is 42.7 Å². The third-order valence-corrected chi connectivity index (χ3v) is 3.20. The van der Waals surface area contributed by atoms with E-state index in [0.717, 1.165) is 17.8 Å². The molecule has 1 aromatic heterocycles. The second-order valence-electron chi connectivity index (χ2n) is 4.90. The summed E-state index contributed by atoms with van der Waals surface area (Å²) >= 11 is 0. The van der Waals surface area contributed by atoms with Gasteiger partial charge < -0.3 is 11.1 Å². The Bertz CT molecular complexity index is 551. The highest BCUT2D eigenvalue weighted by molar-refractivity contribution is 5.92. The number of hydrogen-bond donors (Lipinski definition) is 2. The first kappa shape index (κ1) is 14.3. The number of carbonyl (C=O) groups is 1. The number of anilines is 1. The molecular formula is C15H20N4O. The van der Waals surface area contributed by atoms with Crippen molar-refractivity contribution in [1.82, 2.24) is 9.78 Å².